The fraction of sp³-hybridized carbons (Fsp3) is 0.320. The van der Waals surface area contributed by atoms with Crippen LogP contribution in [0.2, 0.25) is 0 Å². The molecule has 0 spiro atoms. The van der Waals surface area contributed by atoms with Crippen LogP contribution in [0.5, 0.6) is 0 Å². The fourth-order valence-electron chi connectivity index (χ4n) is 4.63. The summed E-state index contributed by atoms with van der Waals surface area (Å²) in [4.78, 5) is 56.4. The Morgan fingerprint density at radius 3 is 2.35 bits per heavy atom. The summed E-state index contributed by atoms with van der Waals surface area (Å²) < 4.78 is 0. The zero-order valence-corrected chi connectivity index (χ0v) is 18.8. The van der Waals surface area contributed by atoms with Crippen molar-refractivity contribution in [2.24, 2.45) is 0 Å². The van der Waals surface area contributed by atoms with Gasteiger partial charge in [0.1, 0.15) is 0 Å². The molecular weight excluding hydrogens is 434 g/mol. The van der Waals surface area contributed by atoms with Crippen molar-refractivity contribution in [3.05, 3.63) is 76.5 Å². The molecule has 3 aromatic rings. The molecule has 0 radical (unpaired) electrons. The summed E-state index contributed by atoms with van der Waals surface area (Å²) in [6.07, 6.45) is 1.43. The van der Waals surface area contributed by atoms with E-state index in [1.165, 1.54) is 9.80 Å². The number of imide groups is 1. The van der Waals surface area contributed by atoms with Crippen LogP contribution in [0.1, 0.15) is 37.1 Å². The third-order valence-electron chi connectivity index (χ3n) is 6.62. The van der Waals surface area contributed by atoms with Gasteiger partial charge >= 0.3 is 5.69 Å². The number of hydrogen-bond acceptors (Lipinski definition) is 5. The maximum absolute atomic E-state index is 13.7. The summed E-state index contributed by atoms with van der Waals surface area (Å²) in [5.74, 6) is -0.528. The van der Waals surface area contributed by atoms with Crippen molar-refractivity contribution in [3.8, 4) is 11.1 Å². The Bertz CT molecular complexity index is 1290. The van der Waals surface area contributed by atoms with E-state index < -0.39 is 11.1 Å². The van der Waals surface area contributed by atoms with Gasteiger partial charge < -0.3 is 4.90 Å². The number of aromatic nitrogens is 3. The van der Waals surface area contributed by atoms with Crippen molar-refractivity contribution in [2.45, 2.75) is 43.7 Å². The predicted octanol–water partition coefficient (Wildman–Crippen LogP) is 1.97. The number of likely N-dealkylation sites (tertiary alicyclic amines) is 1. The van der Waals surface area contributed by atoms with Crippen LogP contribution >= 0.6 is 0 Å². The lowest BCUT2D eigenvalue weighted by Crippen LogP contribution is -2.43. The summed E-state index contributed by atoms with van der Waals surface area (Å²) in [6.45, 7) is 0.0784. The molecule has 2 heterocycles. The normalized spacial score (nSPS) is 20.1. The zero-order valence-electron chi connectivity index (χ0n) is 18.8. The molecule has 1 saturated carbocycles. The van der Waals surface area contributed by atoms with Gasteiger partial charge in [0.05, 0.1) is 12.0 Å². The smallest absolute Gasteiger partial charge is 0.338 e. The Labute approximate surface area is 195 Å². The van der Waals surface area contributed by atoms with E-state index in [-0.39, 0.29) is 43.1 Å². The number of aromatic amines is 2. The number of benzene rings is 2. The van der Waals surface area contributed by atoms with Crippen LogP contribution in [-0.4, -0.2) is 55.8 Å². The summed E-state index contributed by atoms with van der Waals surface area (Å²) >= 11 is 0. The van der Waals surface area contributed by atoms with Gasteiger partial charge in [0.15, 0.2) is 5.82 Å². The highest BCUT2D eigenvalue weighted by atomic mass is 16.2. The van der Waals surface area contributed by atoms with Gasteiger partial charge in [-0.25, -0.2) is 9.89 Å². The first-order valence-corrected chi connectivity index (χ1v) is 11.3. The van der Waals surface area contributed by atoms with Gasteiger partial charge in [0.25, 0.3) is 0 Å². The first kappa shape index (κ1) is 21.8. The molecule has 1 aliphatic carbocycles. The van der Waals surface area contributed by atoms with E-state index >= 15 is 0 Å². The number of carbonyl (C=O) groups is 3. The van der Waals surface area contributed by atoms with Crippen LogP contribution < -0.4 is 5.69 Å². The van der Waals surface area contributed by atoms with Crippen molar-refractivity contribution < 1.29 is 14.4 Å². The molecule has 3 amide bonds. The molecule has 1 aromatic heterocycles. The first-order valence-electron chi connectivity index (χ1n) is 11.3. The number of H-pyrrole nitrogens is 2. The van der Waals surface area contributed by atoms with Crippen molar-refractivity contribution in [3.63, 3.8) is 0 Å². The summed E-state index contributed by atoms with van der Waals surface area (Å²) in [6, 6.07) is 17.3. The molecular formula is C25H25N5O4. The van der Waals surface area contributed by atoms with E-state index in [0.29, 0.717) is 11.4 Å². The Morgan fingerprint density at radius 1 is 1.06 bits per heavy atom. The molecule has 0 unspecified atom stereocenters. The van der Waals surface area contributed by atoms with Crippen LogP contribution in [-0.2, 0) is 26.3 Å². The molecule has 9 heteroatoms. The highest BCUT2D eigenvalue weighted by Gasteiger charge is 2.57. The number of hydrogen-bond donors (Lipinski definition) is 2. The van der Waals surface area contributed by atoms with E-state index in [9.17, 15) is 19.2 Å². The topological polar surface area (TPSA) is 119 Å². The third kappa shape index (κ3) is 3.93. The van der Waals surface area contributed by atoms with E-state index in [4.69, 9.17) is 0 Å². The van der Waals surface area contributed by atoms with Crippen molar-refractivity contribution >= 4 is 17.7 Å². The average Bonchev–Trinajstić information content (AvgIpc) is 3.53. The first-order chi connectivity index (χ1) is 16.4. The van der Waals surface area contributed by atoms with E-state index in [2.05, 4.69) is 15.2 Å². The second-order valence-corrected chi connectivity index (χ2v) is 9.05. The minimum atomic E-state index is -1.25. The Hall–Kier alpha value is -4.01. The fourth-order valence-corrected chi connectivity index (χ4v) is 4.63. The van der Waals surface area contributed by atoms with Gasteiger partial charge in [0.2, 0.25) is 17.7 Å². The van der Waals surface area contributed by atoms with E-state index in [0.717, 1.165) is 24.0 Å². The molecule has 2 N–H and O–H groups in total. The summed E-state index contributed by atoms with van der Waals surface area (Å²) in [5.41, 5.74) is 0.979. The SMILES string of the molecule is CN(Cc1n[nH]c(=O)[nH]1)C(=O)C[C@@]1(c2ccc(-c3ccccc3)cc2)CC(=O)N(C2CC2)C1=O. The highest BCUT2D eigenvalue weighted by Crippen LogP contribution is 2.44. The number of amides is 3. The van der Waals surface area contributed by atoms with Gasteiger partial charge in [-0.05, 0) is 29.5 Å². The van der Waals surface area contributed by atoms with Crippen LogP contribution in [0.3, 0.4) is 0 Å². The van der Waals surface area contributed by atoms with Gasteiger partial charge in [-0.3, -0.25) is 24.3 Å². The Morgan fingerprint density at radius 2 is 1.74 bits per heavy atom. The zero-order chi connectivity index (χ0) is 23.9. The van der Waals surface area contributed by atoms with E-state index in [1.807, 2.05) is 54.6 Å². The molecule has 1 saturated heterocycles. The minimum Gasteiger partial charge on any atom is -0.338 e. The number of rotatable bonds is 7. The summed E-state index contributed by atoms with van der Waals surface area (Å²) in [7, 11) is 1.58. The highest BCUT2D eigenvalue weighted by molar-refractivity contribution is 6.11. The lowest BCUT2D eigenvalue weighted by Gasteiger charge is -2.29. The molecule has 34 heavy (non-hydrogen) atoms. The van der Waals surface area contributed by atoms with Crippen LogP contribution in [0.25, 0.3) is 11.1 Å². The second-order valence-electron chi connectivity index (χ2n) is 9.05. The Kier molecular flexibility index (Phi) is 5.39. The molecule has 1 atom stereocenters. The molecule has 5 rings (SSSR count). The Balaban J connectivity index is 1.46. The monoisotopic (exact) mass is 459 g/mol. The molecule has 174 valence electrons. The van der Waals surface area contributed by atoms with Crippen LogP contribution in [0.15, 0.2) is 59.4 Å². The lowest BCUT2D eigenvalue weighted by molar-refractivity contribution is -0.143. The molecule has 1 aliphatic heterocycles. The molecule has 2 aliphatic rings. The van der Waals surface area contributed by atoms with Gasteiger partial charge in [-0.15, -0.1) is 0 Å². The number of nitrogens with zero attached hydrogens (tertiary/aromatic N) is 3. The maximum Gasteiger partial charge on any atom is 0.340 e. The number of carbonyl (C=O) groups excluding carboxylic acids is 3. The molecule has 0 bridgehead atoms. The standard InChI is InChI=1S/C25H25N5O4/c1-29(15-20-26-24(34)28-27-20)21(31)13-25(14-22(32)30(23(25)33)19-11-12-19)18-9-7-17(8-10-18)16-5-3-2-4-6-16/h2-10,19H,11-15H2,1H3,(H2,26,27,28,34)/t25-/m0/s1. The summed E-state index contributed by atoms with van der Waals surface area (Å²) in [5, 5.41) is 6.11. The largest absolute Gasteiger partial charge is 0.340 e. The van der Waals surface area contributed by atoms with Crippen LogP contribution in [0.4, 0.5) is 0 Å². The molecule has 9 nitrogen and oxygen atoms in total. The van der Waals surface area contributed by atoms with Crippen LogP contribution in [0, 0.1) is 0 Å². The number of nitrogens with one attached hydrogen (secondary N) is 2. The predicted molar refractivity (Wildman–Crippen MR) is 123 cm³/mol. The minimum absolute atomic E-state index is 0.0359. The quantitative estimate of drug-likeness (QED) is 0.524. The average molecular weight is 460 g/mol. The third-order valence-corrected chi connectivity index (χ3v) is 6.62. The van der Waals surface area contributed by atoms with Crippen molar-refractivity contribution in [2.75, 3.05) is 7.05 Å². The maximum atomic E-state index is 13.7. The second kappa shape index (κ2) is 8.40. The van der Waals surface area contributed by atoms with Gasteiger partial charge in [-0.2, -0.15) is 5.10 Å². The van der Waals surface area contributed by atoms with E-state index in [1.54, 1.807) is 7.05 Å². The lowest BCUT2D eigenvalue weighted by atomic mass is 9.75. The molecule has 2 aromatic carbocycles. The van der Waals surface area contributed by atoms with Gasteiger partial charge in [0, 0.05) is 25.9 Å². The van der Waals surface area contributed by atoms with Crippen molar-refractivity contribution in [1.82, 2.24) is 25.0 Å². The molecule has 2 fully saturated rings. The van der Waals surface area contributed by atoms with Crippen molar-refractivity contribution in [1.29, 1.82) is 0 Å². The van der Waals surface area contributed by atoms with Gasteiger partial charge in [-0.1, -0.05) is 54.6 Å².